The number of hydrogen-bond acceptors (Lipinski definition) is 1. The average molecular weight is 379 g/mol. The largest absolute Gasteiger partial charge is 0.294 e. The first-order valence-electron chi connectivity index (χ1n) is 11.1. The summed E-state index contributed by atoms with van der Waals surface area (Å²) in [5.41, 5.74) is 2.74. The van der Waals surface area contributed by atoms with Crippen molar-refractivity contribution in [1.82, 2.24) is 0 Å². The third-order valence-electron chi connectivity index (χ3n) is 8.92. The molecule has 4 aliphatic carbocycles. The molecule has 1 nitrogen and oxygen atoms in total. The molecule has 0 aromatic heterocycles. The lowest BCUT2D eigenvalue weighted by molar-refractivity contribution is -0.0214. The van der Waals surface area contributed by atoms with Crippen molar-refractivity contribution in [3.05, 3.63) is 59.4 Å². The molecular weight excluding hydrogens is 347 g/mol. The van der Waals surface area contributed by atoms with Gasteiger partial charge in [-0.15, -0.1) is 0 Å². The van der Waals surface area contributed by atoms with E-state index in [2.05, 4.69) is 32.1 Å². The summed E-state index contributed by atoms with van der Waals surface area (Å²) < 4.78 is 13.3. The number of hydrogen-bond donors (Lipinski definition) is 0. The van der Waals surface area contributed by atoms with Crippen LogP contribution in [0.25, 0.3) is 0 Å². The smallest absolute Gasteiger partial charge is 0.169 e. The zero-order valence-corrected chi connectivity index (χ0v) is 17.1. The molecule has 1 unspecified atom stereocenters. The average Bonchev–Trinajstić information content (AvgIpc) is 3.09. The molecule has 1 aromatic rings. The second-order valence-corrected chi connectivity index (χ2v) is 10.3. The zero-order valence-electron chi connectivity index (χ0n) is 17.1. The van der Waals surface area contributed by atoms with Crippen LogP contribution < -0.4 is 0 Å². The molecule has 0 spiro atoms. The summed E-state index contributed by atoms with van der Waals surface area (Å²) >= 11 is 0. The predicted molar refractivity (Wildman–Crippen MR) is 110 cm³/mol. The monoisotopic (exact) mass is 378 g/mol. The minimum atomic E-state index is -0.287. The number of fused-ring (bicyclic) bond motifs is 5. The summed E-state index contributed by atoms with van der Waals surface area (Å²) in [6.45, 7) is 4.95. The third kappa shape index (κ3) is 2.67. The number of Topliss-reactive ketones (excluding diaryl/α,β-unsaturated/α-hetero) is 1. The maximum Gasteiger partial charge on any atom is 0.169 e. The fourth-order valence-corrected chi connectivity index (χ4v) is 7.39. The van der Waals surface area contributed by atoms with Crippen molar-refractivity contribution in [2.45, 2.75) is 58.8 Å². The Hall–Kier alpha value is -1.70. The third-order valence-corrected chi connectivity index (χ3v) is 8.92. The van der Waals surface area contributed by atoms with Crippen LogP contribution in [0.4, 0.5) is 4.39 Å². The van der Waals surface area contributed by atoms with E-state index in [0.717, 1.165) is 18.3 Å². The van der Waals surface area contributed by atoms with Gasteiger partial charge >= 0.3 is 0 Å². The van der Waals surface area contributed by atoms with Gasteiger partial charge in [0.15, 0.2) is 5.78 Å². The molecule has 0 aliphatic heterocycles. The van der Waals surface area contributed by atoms with Gasteiger partial charge in [0.2, 0.25) is 0 Å². The van der Waals surface area contributed by atoms with Gasteiger partial charge in [-0.1, -0.05) is 38.5 Å². The first-order valence-corrected chi connectivity index (χ1v) is 11.1. The molecular formula is C26H31FO. The molecule has 2 heteroatoms. The Morgan fingerprint density at radius 3 is 2.64 bits per heavy atom. The van der Waals surface area contributed by atoms with E-state index in [4.69, 9.17) is 0 Å². The summed E-state index contributed by atoms with van der Waals surface area (Å²) in [4.78, 5) is 13.1. The molecule has 2 saturated carbocycles. The van der Waals surface area contributed by atoms with Gasteiger partial charge in [-0.05, 0) is 96.9 Å². The zero-order chi connectivity index (χ0) is 19.5. The topological polar surface area (TPSA) is 17.1 Å². The molecule has 0 heterocycles. The highest BCUT2D eigenvalue weighted by atomic mass is 19.1. The van der Waals surface area contributed by atoms with Crippen LogP contribution in [0, 0.1) is 40.3 Å². The van der Waals surface area contributed by atoms with Crippen molar-refractivity contribution >= 4 is 5.78 Å². The predicted octanol–water partition coefficient (Wildman–Crippen LogP) is 6.75. The Morgan fingerprint density at radius 2 is 1.86 bits per heavy atom. The van der Waals surface area contributed by atoms with E-state index in [1.54, 1.807) is 12.1 Å². The van der Waals surface area contributed by atoms with E-state index < -0.39 is 0 Å². The standard InChI is InChI=1S/C26H31FO/c1-25-14-3-4-22(25)21-12-9-19-8-5-18(16-26(19,2)23(21)13-15-25)24(28)17-6-10-20(27)11-7-17/h5-11,18,21-23H,3-4,12-16H2,1-2H3/t18?,21-,22-,23-,25-,26-/m0/s1. The lowest BCUT2D eigenvalue weighted by atomic mass is 9.48. The van der Waals surface area contributed by atoms with Crippen molar-refractivity contribution in [1.29, 1.82) is 0 Å². The van der Waals surface area contributed by atoms with Crippen LogP contribution in [0.15, 0.2) is 48.1 Å². The number of benzene rings is 1. The van der Waals surface area contributed by atoms with E-state index >= 15 is 0 Å². The van der Waals surface area contributed by atoms with Crippen LogP contribution in [0.1, 0.15) is 69.2 Å². The van der Waals surface area contributed by atoms with E-state index in [1.165, 1.54) is 56.2 Å². The molecule has 5 rings (SSSR count). The Balaban J connectivity index is 1.44. The SMILES string of the molecule is C[C@@]12CCC[C@H]1[C@@H]1CC=C3C=CC(C(=O)c4ccc(F)cc4)C[C@]3(C)[C@H]1CC2. The van der Waals surface area contributed by atoms with E-state index in [9.17, 15) is 9.18 Å². The molecule has 0 amide bonds. The highest BCUT2D eigenvalue weighted by molar-refractivity contribution is 5.99. The van der Waals surface area contributed by atoms with Crippen LogP contribution in [-0.2, 0) is 0 Å². The lowest BCUT2D eigenvalue weighted by Crippen LogP contribution is -2.48. The summed E-state index contributed by atoms with van der Waals surface area (Å²) in [5.74, 6) is 2.09. The lowest BCUT2D eigenvalue weighted by Gasteiger charge is -2.56. The van der Waals surface area contributed by atoms with Crippen LogP contribution in [0.5, 0.6) is 0 Å². The first-order chi connectivity index (χ1) is 13.4. The number of carbonyl (C=O) groups excluding carboxylic acids is 1. The fraction of sp³-hybridized carbons (Fsp3) is 0.577. The van der Waals surface area contributed by atoms with Gasteiger partial charge in [0.25, 0.3) is 0 Å². The van der Waals surface area contributed by atoms with Gasteiger partial charge < -0.3 is 0 Å². The van der Waals surface area contributed by atoms with Gasteiger partial charge in [-0.3, -0.25) is 4.79 Å². The molecule has 0 N–H and O–H groups in total. The minimum absolute atomic E-state index is 0.0942. The second-order valence-electron chi connectivity index (χ2n) is 10.3. The molecule has 0 bridgehead atoms. The normalized spacial score (nSPS) is 41.6. The highest BCUT2D eigenvalue weighted by Crippen LogP contribution is 2.64. The maximum atomic E-state index is 13.3. The number of rotatable bonds is 2. The molecule has 0 saturated heterocycles. The molecule has 4 aliphatic rings. The first kappa shape index (κ1) is 18.3. The van der Waals surface area contributed by atoms with Gasteiger partial charge in [-0.25, -0.2) is 4.39 Å². The molecule has 148 valence electrons. The highest BCUT2D eigenvalue weighted by Gasteiger charge is 2.55. The van der Waals surface area contributed by atoms with Crippen molar-refractivity contribution in [2.24, 2.45) is 34.5 Å². The number of allylic oxidation sites excluding steroid dienone is 4. The summed E-state index contributed by atoms with van der Waals surface area (Å²) in [6.07, 6.45) is 15.8. The minimum Gasteiger partial charge on any atom is -0.294 e. The Kier molecular flexibility index (Phi) is 4.19. The number of halogens is 1. The number of carbonyl (C=O) groups is 1. The van der Waals surface area contributed by atoms with Crippen LogP contribution in [-0.4, -0.2) is 5.78 Å². The molecule has 6 atom stereocenters. The van der Waals surface area contributed by atoms with Crippen molar-refractivity contribution in [3.63, 3.8) is 0 Å². The Labute approximate surface area is 168 Å². The van der Waals surface area contributed by atoms with Crippen molar-refractivity contribution in [2.75, 3.05) is 0 Å². The van der Waals surface area contributed by atoms with Crippen LogP contribution in [0.2, 0.25) is 0 Å². The van der Waals surface area contributed by atoms with E-state index in [0.29, 0.717) is 16.9 Å². The molecule has 28 heavy (non-hydrogen) atoms. The fourth-order valence-electron chi connectivity index (χ4n) is 7.39. The second kappa shape index (κ2) is 6.40. The summed E-state index contributed by atoms with van der Waals surface area (Å²) in [6, 6.07) is 6.05. The van der Waals surface area contributed by atoms with Crippen molar-refractivity contribution < 1.29 is 9.18 Å². The van der Waals surface area contributed by atoms with Crippen molar-refractivity contribution in [3.8, 4) is 0 Å². The van der Waals surface area contributed by atoms with Gasteiger partial charge in [0.05, 0.1) is 0 Å². The molecule has 2 fully saturated rings. The maximum absolute atomic E-state index is 13.3. The van der Waals surface area contributed by atoms with Gasteiger partial charge in [-0.2, -0.15) is 0 Å². The summed E-state index contributed by atoms with van der Waals surface area (Å²) in [7, 11) is 0. The molecule has 0 radical (unpaired) electrons. The van der Waals surface area contributed by atoms with Gasteiger partial charge in [0, 0.05) is 11.5 Å². The van der Waals surface area contributed by atoms with Crippen LogP contribution in [0.3, 0.4) is 0 Å². The number of ketones is 1. The molecule has 1 aromatic carbocycles. The van der Waals surface area contributed by atoms with E-state index in [-0.39, 0.29) is 22.9 Å². The Bertz CT molecular complexity index is 850. The quantitative estimate of drug-likeness (QED) is 0.520. The van der Waals surface area contributed by atoms with Crippen LogP contribution >= 0.6 is 0 Å². The summed E-state index contributed by atoms with van der Waals surface area (Å²) in [5, 5.41) is 0. The van der Waals surface area contributed by atoms with E-state index in [1.807, 2.05) is 0 Å². The Morgan fingerprint density at radius 1 is 1.07 bits per heavy atom. The van der Waals surface area contributed by atoms with Gasteiger partial charge in [0.1, 0.15) is 5.82 Å².